The molecule has 0 aliphatic carbocycles. The average Bonchev–Trinajstić information content (AvgIpc) is 2.67. The maximum Gasteiger partial charge on any atom is 0.254 e. The van der Waals surface area contributed by atoms with E-state index in [1.807, 2.05) is 6.07 Å². The van der Waals surface area contributed by atoms with Gasteiger partial charge in [0.1, 0.15) is 11.8 Å². The van der Waals surface area contributed by atoms with Crippen molar-refractivity contribution in [1.29, 1.82) is 0 Å². The Kier molecular flexibility index (Phi) is 5.41. The average molecular weight is 360 g/mol. The molecule has 0 bridgehead atoms. The number of ether oxygens (including phenoxy) is 1. The van der Waals surface area contributed by atoms with Gasteiger partial charge in [-0.1, -0.05) is 0 Å². The van der Waals surface area contributed by atoms with Gasteiger partial charge in [0.2, 0.25) is 11.8 Å². The van der Waals surface area contributed by atoms with Gasteiger partial charge in [0.25, 0.3) is 5.91 Å². The molecule has 0 spiro atoms. The third kappa shape index (κ3) is 3.65. The molecule has 26 heavy (non-hydrogen) atoms. The molecule has 8 heteroatoms. The zero-order chi connectivity index (χ0) is 18.7. The third-order valence-electron chi connectivity index (χ3n) is 4.88. The van der Waals surface area contributed by atoms with Crippen molar-refractivity contribution < 1.29 is 19.1 Å². The number of likely N-dealkylation sites (N-methyl/N-ethyl adjacent to an activating group) is 1. The monoisotopic (exact) mass is 360 g/mol. The van der Waals surface area contributed by atoms with E-state index < -0.39 is 11.9 Å². The Labute approximate surface area is 152 Å². The van der Waals surface area contributed by atoms with Crippen molar-refractivity contribution in [2.45, 2.75) is 18.9 Å². The lowest BCUT2D eigenvalue weighted by Crippen LogP contribution is -2.52. The fraction of sp³-hybridized carbons (Fsp3) is 0.500. The summed E-state index contributed by atoms with van der Waals surface area (Å²) < 4.78 is 5.49. The molecule has 2 saturated heterocycles. The molecule has 2 aliphatic rings. The maximum atomic E-state index is 12.8. The minimum atomic E-state index is -0.640. The van der Waals surface area contributed by atoms with Crippen molar-refractivity contribution in [3.8, 4) is 5.75 Å². The normalized spacial score (nSPS) is 20.5. The second-order valence-corrected chi connectivity index (χ2v) is 6.51. The van der Waals surface area contributed by atoms with Crippen molar-refractivity contribution >= 4 is 23.4 Å². The number of piperazine rings is 1. The fourth-order valence-corrected chi connectivity index (χ4v) is 3.37. The van der Waals surface area contributed by atoms with Gasteiger partial charge in [0, 0.05) is 45.2 Å². The van der Waals surface area contributed by atoms with Gasteiger partial charge >= 0.3 is 0 Å². The van der Waals surface area contributed by atoms with Gasteiger partial charge in [0.05, 0.1) is 12.8 Å². The summed E-state index contributed by atoms with van der Waals surface area (Å²) in [6, 6.07) is 4.71. The molecule has 2 heterocycles. The summed E-state index contributed by atoms with van der Waals surface area (Å²) in [7, 11) is 3.16. The van der Waals surface area contributed by atoms with Crippen LogP contribution in [0.4, 0.5) is 5.69 Å². The number of carbonyl (C=O) groups excluding carboxylic acids is 3. The lowest BCUT2D eigenvalue weighted by molar-refractivity contribution is -0.136. The number of carbonyl (C=O) groups is 3. The van der Waals surface area contributed by atoms with Crippen LogP contribution in [0.25, 0.3) is 0 Å². The number of piperidine rings is 1. The van der Waals surface area contributed by atoms with Crippen molar-refractivity contribution in [2.75, 3.05) is 45.2 Å². The number of benzene rings is 1. The quantitative estimate of drug-likeness (QED) is 0.734. The van der Waals surface area contributed by atoms with E-state index in [1.165, 1.54) is 4.90 Å². The van der Waals surface area contributed by atoms with E-state index in [2.05, 4.69) is 15.5 Å². The second kappa shape index (κ2) is 7.74. The molecule has 2 fully saturated rings. The minimum absolute atomic E-state index is 0.235. The van der Waals surface area contributed by atoms with Gasteiger partial charge in [-0.2, -0.15) is 0 Å². The lowest BCUT2D eigenvalue weighted by atomic mass is 10.0. The molecular weight excluding hydrogens is 336 g/mol. The second-order valence-electron chi connectivity index (χ2n) is 6.51. The van der Waals surface area contributed by atoms with Crippen LogP contribution in [0.15, 0.2) is 18.2 Å². The van der Waals surface area contributed by atoms with Gasteiger partial charge in [-0.25, -0.2) is 0 Å². The standard InChI is InChI=1S/C18H24N4O4/c1-21(14-5-6-16(23)20-17(14)24)18(25)12-3-4-13(15(11-12)26-2)22-9-7-19-8-10-22/h3-4,11,14,19H,5-10H2,1-2H3,(H,20,23,24). The first-order chi connectivity index (χ1) is 12.5. The number of hydrogen-bond donors (Lipinski definition) is 2. The fourth-order valence-electron chi connectivity index (χ4n) is 3.37. The van der Waals surface area contributed by atoms with Crippen molar-refractivity contribution in [1.82, 2.24) is 15.5 Å². The Morgan fingerprint density at radius 3 is 2.65 bits per heavy atom. The molecule has 1 unspecified atom stereocenters. The molecule has 3 rings (SSSR count). The molecule has 3 amide bonds. The Morgan fingerprint density at radius 1 is 1.27 bits per heavy atom. The molecule has 1 atom stereocenters. The number of nitrogens with zero attached hydrogens (tertiary/aromatic N) is 2. The number of nitrogens with one attached hydrogen (secondary N) is 2. The molecule has 0 saturated carbocycles. The van der Waals surface area contributed by atoms with E-state index in [0.29, 0.717) is 17.7 Å². The summed E-state index contributed by atoms with van der Waals surface area (Å²) in [6.45, 7) is 3.56. The number of anilines is 1. The maximum absolute atomic E-state index is 12.8. The van der Waals surface area contributed by atoms with Crippen molar-refractivity contribution in [3.63, 3.8) is 0 Å². The van der Waals surface area contributed by atoms with Crippen LogP contribution in [0.1, 0.15) is 23.2 Å². The van der Waals surface area contributed by atoms with Crippen LogP contribution in [0.5, 0.6) is 5.75 Å². The predicted molar refractivity (Wildman–Crippen MR) is 96.3 cm³/mol. The zero-order valence-corrected chi connectivity index (χ0v) is 15.1. The number of imide groups is 1. The van der Waals surface area contributed by atoms with Crippen molar-refractivity contribution in [3.05, 3.63) is 23.8 Å². The summed E-state index contributed by atoms with van der Waals surface area (Å²) in [4.78, 5) is 39.7. The molecule has 2 aliphatic heterocycles. The van der Waals surface area contributed by atoms with Gasteiger partial charge in [-0.15, -0.1) is 0 Å². The van der Waals surface area contributed by atoms with Gasteiger partial charge in [-0.05, 0) is 24.6 Å². The highest BCUT2D eigenvalue weighted by Crippen LogP contribution is 2.30. The molecule has 8 nitrogen and oxygen atoms in total. The van der Waals surface area contributed by atoms with Crippen LogP contribution in [0.3, 0.4) is 0 Å². The Morgan fingerprint density at radius 2 is 2.00 bits per heavy atom. The van der Waals surface area contributed by atoms with Crippen LogP contribution in [0.2, 0.25) is 0 Å². The molecule has 0 aromatic heterocycles. The highest BCUT2D eigenvalue weighted by Gasteiger charge is 2.32. The Hall–Kier alpha value is -2.61. The predicted octanol–water partition coefficient (Wildman–Crippen LogP) is -0.0180. The molecular formula is C18H24N4O4. The van der Waals surface area contributed by atoms with E-state index in [4.69, 9.17) is 4.74 Å². The van der Waals surface area contributed by atoms with Gasteiger partial charge < -0.3 is 19.9 Å². The lowest BCUT2D eigenvalue weighted by Gasteiger charge is -2.31. The Balaban J connectivity index is 1.78. The number of amides is 3. The first-order valence-electron chi connectivity index (χ1n) is 8.76. The number of methoxy groups -OCH3 is 1. The van der Waals surface area contributed by atoms with Crippen LogP contribution in [0, 0.1) is 0 Å². The summed E-state index contributed by atoms with van der Waals surface area (Å²) in [5.41, 5.74) is 1.40. The topological polar surface area (TPSA) is 91.0 Å². The minimum Gasteiger partial charge on any atom is -0.495 e. The van der Waals surface area contributed by atoms with E-state index >= 15 is 0 Å². The smallest absolute Gasteiger partial charge is 0.254 e. The molecule has 2 N–H and O–H groups in total. The summed E-state index contributed by atoms with van der Waals surface area (Å²) in [6.07, 6.45) is 0.572. The van der Waals surface area contributed by atoms with Crippen LogP contribution in [-0.2, 0) is 9.59 Å². The first kappa shape index (κ1) is 18.2. The third-order valence-corrected chi connectivity index (χ3v) is 4.88. The molecule has 0 radical (unpaired) electrons. The highest BCUT2D eigenvalue weighted by atomic mass is 16.5. The molecule has 1 aromatic carbocycles. The largest absolute Gasteiger partial charge is 0.495 e. The van der Waals surface area contributed by atoms with Gasteiger partial charge in [0.15, 0.2) is 0 Å². The van der Waals surface area contributed by atoms with Crippen LogP contribution < -0.4 is 20.3 Å². The van der Waals surface area contributed by atoms with E-state index in [0.717, 1.165) is 31.9 Å². The zero-order valence-electron chi connectivity index (χ0n) is 15.1. The molecule has 140 valence electrons. The van der Waals surface area contributed by atoms with Crippen LogP contribution in [-0.4, -0.2) is 69.0 Å². The first-order valence-corrected chi connectivity index (χ1v) is 8.76. The number of hydrogen-bond acceptors (Lipinski definition) is 6. The van der Waals surface area contributed by atoms with E-state index in [-0.39, 0.29) is 18.2 Å². The van der Waals surface area contributed by atoms with E-state index in [1.54, 1.807) is 26.3 Å². The van der Waals surface area contributed by atoms with Gasteiger partial charge in [-0.3, -0.25) is 19.7 Å². The summed E-state index contributed by atoms with van der Waals surface area (Å²) >= 11 is 0. The van der Waals surface area contributed by atoms with Crippen molar-refractivity contribution in [2.24, 2.45) is 0 Å². The molecule has 1 aromatic rings. The number of rotatable bonds is 4. The summed E-state index contributed by atoms with van der Waals surface area (Å²) in [5, 5.41) is 5.59. The summed E-state index contributed by atoms with van der Waals surface area (Å²) in [5.74, 6) is -0.366. The Bertz CT molecular complexity index is 715. The highest BCUT2D eigenvalue weighted by molar-refractivity contribution is 6.04. The SMILES string of the molecule is COc1cc(C(=O)N(C)C2CCC(=O)NC2=O)ccc1N1CCNCC1. The van der Waals surface area contributed by atoms with Crippen LogP contribution >= 0.6 is 0 Å². The van der Waals surface area contributed by atoms with E-state index in [9.17, 15) is 14.4 Å².